The molecule has 1 fully saturated rings. The molecule has 0 spiro atoms. The van der Waals surface area contributed by atoms with Gasteiger partial charge in [-0.3, -0.25) is 0 Å². The average Bonchev–Trinajstić information content (AvgIpc) is 3.25. The van der Waals surface area contributed by atoms with Crippen molar-refractivity contribution in [2.75, 3.05) is 16.4 Å². The number of benzene rings is 1. The van der Waals surface area contributed by atoms with E-state index in [4.69, 9.17) is 17.3 Å². The molecule has 1 aromatic carbocycles. The van der Waals surface area contributed by atoms with Gasteiger partial charge in [0, 0.05) is 16.8 Å². The maximum Gasteiger partial charge on any atom is 0.224 e. The normalized spacial score (nSPS) is 13.8. The Morgan fingerprint density at radius 2 is 1.86 bits per heavy atom. The smallest absolute Gasteiger partial charge is 0.224 e. The van der Waals surface area contributed by atoms with Crippen molar-refractivity contribution in [3.8, 4) is 0 Å². The van der Waals surface area contributed by atoms with Gasteiger partial charge in [-0.15, -0.1) is 4.91 Å². The third-order valence-electron chi connectivity index (χ3n) is 3.02. The lowest BCUT2D eigenvalue weighted by Crippen LogP contribution is -2.08. The first-order valence-electron chi connectivity index (χ1n) is 6.45. The molecular weight excluding hydrogens is 292 g/mol. The van der Waals surface area contributed by atoms with Crippen LogP contribution in [0, 0.1) is 4.91 Å². The van der Waals surface area contributed by atoms with Crippen LogP contribution in [-0.2, 0) is 0 Å². The van der Waals surface area contributed by atoms with Gasteiger partial charge in [-0.25, -0.2) is 0 Å². The summed E-state index contributed by atoms with van der Waals surface area (Å²) in [5, 5.41) is 9.77. The first-order chi connectivity index (χ1) is 10.2. The van der Waals surface area contributed by atoms with Crippen molar-refractivity contribution in [1.82, 2.24) is 9.97 Å². The molecule has 21 heavy (non-hydrogen) atoms. The number of nitrogen functional groups attached to an aromatic ring is 1. The van der Waals surface area contributed by atoms with Crippen LogP contribution in [-0.4, -0.2) is 16.0 Å². The zero-order valence-corrected chi connectivity index (χ0v) is 11.8. The second-order valence-corrected chi connectivity index (χ2v) is 5.21. The summed E-state index contributed by atoms with van der Waals surface area (Å²) >= 11 is 5.84. The standard InChI is InChI=1S/C13H13ClN6O/c14-7-1-3-8(4-2-7)16-11-10(20-21)12(17-9-5-6-9)19-13(15)18-11/h1-4,9H,5-6H2,(H4,15,16,17,18,19). The molecule has 8 heteroatoms. The molecule has 0 bridgehead atoms. The summed E-state index contributed by atoms with van der Waals surface area (Å²) in [7, 11) is 0. The Bertz CT molecular complexity index is 671. The molecule has 0 unspecified atom stereocenters. The highest BCUT2D eigenvalue weighted by molar-refractivity contribution is 6.30. The molecule has 0 atom stereocenters. The van der Waals surface area contributed by atoms with Gasteiger partial charge in [-0.1, -0.05) is 11.6 Å². The summed E-state index contributed by atoms with van der Waals surface area (Å²) in [6.07, 6.45) is 2.09. The molecule has 0 saturated heterocycles. The molecular formula is C13H13ClN6O. The van der Waals surface area contributed by atoms with Gasteiger partial charge in [-0.05, 0) is 42.3 Å². The highest BCUT2D eigenvalue weighted by Crippen LogP contribution is 2.36. The quantitative estimate of drug-likeness (QED) is 0.731. The zero-order chi connectivity index (χ0) is 14.8. The number of nitrogens with one attached hydrogen (secondary N) is 2. The van der Waals surface area contributed by atoms with Crippen LogP contribution in [0.4, 0.5) is 29.0 Å². The summed E-state index contributed by atoms with van der Waals surface area (Å²) in [6.45, 7) is 0. The first kappa shape index (κ1) is 13.6. The summed E-state index contributed by atoms with van der Waals surface area (Å²) in [5.41, 5.74) is 6.53. The molecule has 4 N–H and O–H groups in total. The molecule has 3 rings (SSSR count). The third-order valence-corrected chi connectivity index (χ3v) is 3.27. The minimum atomic E-state index is 0.0713. The maximum absolute atomic E-state index is 11.1. The van der Waals surface area contributed by atoms with Gasteiger partial charge >= 0.3 is 0 Å². The predicted molar refractivity (Wildman–Crippen MR) is 83.3 cm³/mol. The molecule has 2 aromatic rings. The number of nitrogens with two attached hydrogens (primary N) is 1. The Balaban J connectivity index is 1.93. The third kappa shape index (κ3) is 3.19. The van der Waals surface area contributed by atoms with Crippen LogP contribution >= 0.6 is 11.6 Å². The lowest BCUT2D eigenvalue weighted by atomic mass is 10.3. The molecule has 0 amide bonds. The second-order valence-electron chi connectivity index (χ2n) is 4.77. The van der Waals surface area contributed by atoms with E-state index in [9.17, 15) is 4.91 Å². The number of hydrogen-bond acceptors (Lipinski definition) is 7. The fourth-order valence-corrected chi connectivity index (χ4v) is 1.96. The predicted octanol–water partition coefficient (Wildman–Crippen LogP) is 3.43. The van der Waals surface area contributed by atoms with E-state index in [0.29, 0.717) is 16.9 Å². The molecule has 0 aliphatic heterocycles. The minimum Gasteiger partial charge on any atom is -0.368 e. The first-order valence-corrected chi connectivity index (χ1v) is 6.83. The summed E-state index contributed by atoms with van der Waals surface area (Å²) in [5.74, 6) is 0.696. The van der Waals surface area contributed by atoms with Gasteiger partial charge in [0.2, 0.25) is 5.95 Å². The average molecular weight is 305 g/mol. The lowest BCUT2D eigenvalue weighted by molar-refractivity contribution is 1.09. The highest BCUT2D eigenvalue weighted by Gasteiger charge is 2.25. The largest absolute Gasteiger partial charge is 0.368 e. The van der Waals surface area contributed by atoms with Crippen molar-refractivity contribution < 1.29 is 0 Å². The second kappa shape index (κ2) is 5.53. The molecule has 1 saturated carbocycles. The molecule has 1 aliphatic rings. The number of halogens is 1. The molecule has 1 aromatic heterocycles. The lowest BCUT2D eigenvalue weighted by Gasteiger charge is -2.12. The molecule has 108 valence electrons. The van der Waals surface area contributed by atoms with Crippen molar-refractivity contribution in [1.29, 1.82) is 0 Å². The van der Waals surface area contributed by atoms with E-state index >= 15 is 0 Å². The zero-order valence-electron chi connectivity index (χ0n) is 11.0. The number of anilines is 4. The Hall–Kier alpha value is -2.41. The van der Waals surface area contributed by atoms with Crippen LogP contribution < -0.4 is 16.4 Å². The van der Waals surface area contributed by atoms with E-state index in [1.54, 1.807) is 24.3 Å². The van der Waals surface area contributed by atoms with Gasteiger partial charge < -0.3 is 16.4 Å². The summed E-state index contributed by atoms with van der Waals surface area (Å²) in [6, 6.07) is 7.31. The van der Waals surface area contributed by atoms with Crippen LogP contribution in [0.1, 0.15) is 12.8 Å². The summed E-state index contributed by atoms with van der Waals surface area (Å²) < 4.78 is 0. The Morgan fingerprint density at radius 1 is 1.19 bits per heavy atom. The van der Waals surface area contributed by atoms with Crippen molar-refractivity contribution in [2.24, 2.45) is 5.18 Å². The van der Waals surface area contributed by atoms with Crippen LogP contribution in [0.3, 0.4) is 0 Å². The van der Waals surface area contributed by atoms with Gasteiger partial charge in [-0.2, -0.15) is 9.97 Å². The van der Waals surface area contributed by atoms with Gasteiger partial charge in [0.05, 0.1) is 0 Å². The number of aromatic nitrogens is 2. The van der Waals surface area contributed by atoms with Crippen LogP contribution in [0.5, 0.6) is 0 Å². The highest BCUT2D eigenvalue weighted by atomic mass is 35.5. The van der Waals surface area contributed by atoms with Gasteiger partial charge in [0.1, 0.15) is 0 Å². The van der Waals surface area contributed by atoms with E-state index < -0.39 is 0 Å². The topological polar surface area (TPSA) is 105 Å². The van der Waals surface area contributed by atoms with E-state index in [0.717, 1.165) is 18.5 Å². The molecule has 1 aliphatic carbocycles. The minimum absolute atomic E-state index is 0.0713. The number of nitrogens with zero attached hydrogens (tertiary/aromatic N) is 3. The Morgan fingerprint density at radius 3 is 2.48 bits per heavy atom. The number of rotatable bonds is 5. The molecule has 7 nitrogen and oxygen atoms in total. The van der Waals surface area contributed by atoms with E-state index in [1.807, 2.05) is 0 Å². The Kier molecular flexibility index (Phi) is 3.57. The molecule has 0 radical (unpaired) electrons. The number of hydrogen-bond donors (Lipinski definition) is 3. The van der Waals surface area contributed by atoms with Crippen molar-refractivity contribution in [3.05, 3.63) is 34.2 Å². The Labute approximate surface area is 125 Å². The SMILES string of the molecule is Nc1nc(Nc2ccc(Cl)cc2)c(N=O)c(NC2CC2)n1. The fourth-order valence-electron chi connectivity index (χ4n) is 1.84. The maximum atomic E-state index is 11.1. The fraction of sp³-hybridized carbons (Fsp3) is 0.231. The monoisotopic (exact) mass is 304 g/mol. The summed E-state index contributed by atoms with van der Waals surface area (Å²) in [4.78, 5) is 19.2. The van der Waals surface area contributed by atoms with E-state index in [2.05, 4.69) is 25.8 Å². The van der Waals surface area contributed by atoms with Crippen molar-refractivity contribution in [2.45, 2.75) is 18.9 Å². The van der Waals surface area contributed by atoms with Crippen LogP contribution in [0.2, 0.25) is 5.02 Å². The number of nitroso groups, excluding NO2 is 1. The van der Waals surface area contributed by atoms with E-state index in [1.165, 1.54) is 0 Å². The van der Waals surface area contributed by atoms with Gasteiger partial charge in [0.25, 0.3) is 0 Å². The van der Waals surface area contributed by atoms with Crippen molar-refractivity contribution >= 4 is 40.6 Å². The van der Waals surface area contributed by atoms with Crippen LogP contribution in [0.15, 0.2) is 29.4 Å². The van der Waals surface area contributed by atoms with Gasteiger partial charge in [0.15, 0.2) is 17.3 Å². The molecule has 1 heterocycles. The van der Waals surface area contributed by atoms with Crippen LogP contribution in [0.25, 0.3) is 0 Å². The van der Waals surface area contributed by atoms with Crippen molar-refractivity contribution in [3.63, 3.8) is 0 Å². The van der Waals surface area contributed by atoms with E-state index in [-0.39, 0.29) is 17.5 Å².